The molecule has 0 unspecified atom stereocenters. The molecule has 0 saturated carbocycles. The maximum Gasteiger partial charge on any atom is 0.233 e. The Balaban J connectivity index is 1.55. The molecule has 2 heterocycles. The fraction of sp³-hybridized carbons (Fsp3) is 0.292. The summed E-state index contributed by atoms with van der Waals surface area (Å²) in [6.07, 6.45) is 3.03. The minimum Gasteiger partial charge on any atom is -0.474 e. The van der Waals surface area contributed by atoms with E-state index in [0.717, 1.165) is 24.6 Å². The Morgan fingerprint density at radius 3 is 2.48 bits per heavy atom. The van der Waals surface area contributed by atoms with Gasteiger partial charge in [0.2, 0.25) is 5.90 Å². The van der Waals surface area contributed by atoms with Crippen molar-refractivity contribution in [3.05, 3.63) is 94.3 Å². The SMILES string of the molecule is Cc1cc(C)c(Cn2cccc2C2=N[C@@H](Cc3ccccc3)CO2)c(C)c1. The number of nitrogens with zero attached hydrogens (tertiary/aromatic N) is 2. The molecule has 0 saturated heterocycles. The zero-order valence-corrected chi connectivity index (χ0v) is 16.3. The van der Waals surface area contributed by atoms with E-state index in [0.29, 0.717) is 6.61 Å². The lowest BCUT2D eigenvalue weighted by Gasteiger charge is -2.14. The summed E-state index contributed by atoms with van der Waals surface area (Å²) in [7, 11) is 0. The largest absolute Gasteiger partial charge is 0.474 e. The summed E-state index contributed by atoms with van der Waals surface area (Å²) in [5.74, 6) is 0.767. The van der Waals surface area contributed by atoms with E-state index in [9.17, 15) is 0 Å². The lowest BCUT2D eigenvalue weighted by atomic mass is 10.00. The summed E-state index contributed by atoms with van der Waals surface area (Å²) >= 11 is 0. The predicted octanol–water partition coefficient (Wildman–Crippen LogP) is 4.85. The molecule has 3 heteroatoms. The number of rotatable bonds is 5. The zero-order chi connectivity index (χ0) is 18.8. The Kier molecular flexibility index (Phi) is 4.85. The van der Waals surface area contributed by atoms with Crippen LogP contribution in [0.2, 0.25) is 0 Å². The summed E-state index contributed by atoms with van der Waals surface area (Å²) in [4.78, 5) is 4.86. The molecule has 3 nitrogen and oxygen atoms in total. The number of aromatic nitrogens is 1. The molecular weight excluding hydrogens is 332 g/mol. The van der Waals surface area contributed by atoms with E-state index in [4.69, 9.17) is 9.73 Å². The lowest BCUT2D eigenvalue weighted by Crippen LogP contribution is -2.12. The zero-order valence-electron chi connectivity index (χ0n) is 16.3. The molecular formula is C24H26N2O. The normalized spacial score (nSPS) is 16.3. The molecule has 27 heavy (non-hydrogen) atoms. The van der Waals surface area contributed by atoms with Crippen LogP contribution in [0.1, 0.15) is 33.5 Å². The van der Waals surface area contributed by atoms with E-state index in [1.54, 1.807) is 0 Å². The van der Waals surface area contributed by atoms with Crippen LogP contribution in [0.4, 0.5) is 0 Å². The van der Waals surface area contributed by atoms with Gasteiger partial charge in [-0.3, -0.25) is 0 Å². The first-order valence-electron chi connectivity index (χ1n) is 9.57. The van der Waals surface area contributed by atoms with Gasteiger partial charge in [0.05, 0.1) is 6.04 Å². The van der Waals surface area contributed by atoms with Crippen LogP contribution in [-0.4, -0.2) is 23.1 Å². The van der Waals surface area contributed by atoms with Crippen LogP contribution in [-0.2, 0) is 17.7 Å². The number of aryl methyl sites for hydroxylation is 3. The van der Waals surface area contributed by atoms with Gasteiger partial charge in [0.15, 0.2) is 0 Å². The summed E-state index contributed by atoms with van der Waals surface area (Å²) in [6, 6.07) is 19.4. The smallest absolute Gasteiger partial charge is 0.233 e. The third kappa shape index (κ3) is 3.82. The van der Waals surface area contributed by atoms with Gasteiger partial charge in [0.1, 0.15) is 12.3 Å². The van der Waals surface area contributed by atoms with Crippen LogP contribution >= 0.6 is 0 Å². The van der Waals surface area contributed by atoms with Crippen LogP contribution in [0.5, 0.6) is 0 Å². The highest BCUT2D eigenvalue weighted by Gasteiger charge is 2.22. The summed E-state index contributed by atoms with van der Waals surface area (Å²) in [5.41, 5.74) is 7.72. The van der Waals surface area contributed by atoms with Crippen LogP contribution in [0.3, 0.4) is 0 Å². The van der Waals surface area contributed by atoms with E-state index < -0.39 is 0 Å². The van der Waals surface area contributed by atoms with Gasteiger partial charge in [0.25, 0.3) is 0 Å². The average Bonchev–Trinajstić information content (AvgIpc) is 3.28. The number of hydrogen-bond donors (Lipinski definition) is 0. The van der Waals surface area contributed by atoms with Crippen molar-refractivity contribution in [2.45, 2.75) is 39.8 Å². The highest BCUT2D eigenvalue weighted by atomic mass is 16.5. The third-order valence-electron chi connectivity index (χ3n) is 5.24. The van der Waals surface area contributed by atoms with Gasteiger partial charge in [-0.1, -0.05) is 48.0 Å². The highest BCUT2D eigenvalue weighted by Crippen LogP contribution is 2.21. The molecule has 1 aliphatic heterocycles. The van der Waals surface area contributed by atoms with Crippen LogP contribution < -0.4 is 0 Å². The molecule has 138 valence electrons. The molecule has 0 fully saturated rings. The fourth-order valence-corrected chi connectivity index (χ4v) is 3.92. The summed E-state index contributed by atoms with van der Waals surface area (Å²) in [6.45, 7) is 8.03. The molecule has 0 spiro atoms. The van der Waals surface area contributed by atoms with E-state index in [2.05, 4.69) is 80.1 Å². The second-order valence-corrected chi connectivity index (χ2v) is 7.49. The van der Waals surface area contributed by atoms with E-state index in [1.165, 1.54) is 27.8 Å². The number of hydrogen-bond acceptors (Lipinski definition) is 2. The predicted molar refractivity (Wildman–Crippen MR) is 111 cm³/mol. The van der Waals surface area contributed by atoms with Gasteiger partial charge in [-0.25, -0.2) is 4.99 Å². The molecule has 0 N–H and O–H groups in total. The molecule has 1 atom stereocenters. The first kappa shape index (κ1) is 17.6. The standard InChI is InChI=1S/C24H26N2O/c1-17-12-18(2)22(19(3)13-17)15-26-11-7-10-23(26)24-25-21(16-27-24)14-20-8-5-4-6-9-20/h4-13,21H,14-16H2,1-3H3/t21-/m0/s1. The van der Waals surface area contributed by atoms with Crippen molar-refractivity contribution in [2.75, 3.05) is 6.61 Å². The monoisotopic (exact) mass is 358 g/mol. The highest BCUT2D eigenvalue weighted by molar-refractivity contribution is 5.93. The van der Waals surface area contributed by atoms with Crippen molar-refractivity contribution in [2.24, 2.45) is 4.99 Å². The second kappa shape index (κ2) is 7.43. The quantitative estimate of drug-likeness (QED) is 0.640. The van der Waals surface area contributed by atoms with E-state index in [1.807, 2.05) is 6.07 Å². The lowest BCUT2D eigenvalue weighted by molar-refractivity contribution is 0.315. The van der Waals surface area contributed by atoms with Gasteiger partial charge < -0.3 is 9.30 Å². The van der Waals surface area contributed by atoms with Crippen molar-refractivity contribution in [1.29, 1.82) is 0 Å². The maximum atomic E-state index is 5.97. The van der Waals surface area contributed by atoms with Crippen molar-refractivity contribution in [1.82, 2.24) is 4.57 Å². The Morgan fingerprint density at radius 1 is 1.00 bits per heavy atom. The van der Waals surface area contributed by atoms with Crippen LogP contribution in [0.25, 0.3) is 0 Å². The minimum absolute atomic E-state index is 0.189. The number of aliphatic imine (C=N–C) groups is 1. The molecule has 4 rings (SSSR count). The topological polar surface area (TPSA) is 26.5 Å². The van der Waals surface area contributed by atoms with Gasteiger partial charge in [0, 0.05) is 12.7 Å². The molecule has 3 aromatic rings. The summed E-state index contributed by atoms with van der Waals surface area (Å²) < 4.78 is 8.21. The Labute approximate surface area is 161 Å². The van der Waals surface area contributed by atoms with Crippen LogP contribution in [0, 0.1) is 20.8 Å². The van der Waals surface area contributed by atoms with Crippen LogP contribution in [0.15, 0.2) is 65.8 Å². The molecule has 1 aromatic heterocycles. The Hall–Kier alpha value is -2.81. The van der Waals surface area contributed by atoms with Gasteiger partial charge in [-0.05, 0) is 61.6 Å². The fourth-order valence-electron chi connectivity index (χ4n) is 3.92. The molecule has 0 amide bonds. The van der Waals surface area contributed by atoms with E-state index >= 15 is 0 Å². The van der Waals surface area contributed by atoms with Crippen molar-refractivity contribution in [3.8, 4) is 0 Å². The molecule has 0 radical (unpaired) electrons. The second-order valence-electron chi connectivity index (χ2n) is 7.49. The molecule has 0 aliphatic carbocycles. The van der Waals surface area contributed by atoms with Crippen molar-refractivity contribution >= 4 is 5.90 Å². The number of ether oxygens (including phenoxy) is 1. The van der Waals surface area contributed by atoms with Crippen molar-refractivity contribution in [3.63, 3.8) is 0 Å². The Morgan fingerprint density at radius 2 is 1.74 bits per heavy atom. The van der Waals surface area contributed by atoms with Crippen molar-refractivity contribution < 1.29 is 4.74 Å². The number of benzene rings is 2. The first-order valence-corrected chi connectivity index (χ1v) is 9.57. The third-order valence-corrected chi connectivity index (χ3v) is 5.24. The molecule has 0 bridgehead atoms. The Bertz CT molecular complexity index is 946. The first-order chi connectivity index (χ1) is 13.1. The van der Waals surface area contributed by atoms with Gasteiger partial charge >= 0.3 is 0 Å². The molecule has 2 aromatic carbocycles. The van der Waals surface area contributed by atoms with Gasteiger partial charge in [-0.15, -0.1) is 0 Å². The molecule has 1 aliphatic rings. The van der Waals surface area contributed by atoms with Gasteiger partial charge in [-0.2, -0.15) is 0 Å². The summed E-state index contributed by atoms with van der Waals surface area (Å²) in [5, 5.41) is 0. The average molecular weight is 358 g/mol. The van der Waals surface area contributed by atoms with E-state index in [-0.39, 0.29) is 6.04 Å². The minimum atomic E-state index is 0.189. The maximum absolute atomic E-state index is 5.97.